The predicted molar refractivity (Wildman–Crippen MR) is 92.3 cm³/mol. The van der Waals surface area contributed by atoms with E-state index in [1.807, 2.05) is 60.7 Å². The maximum atomic E-state index is 12.1. The monoisotopic (exact) mass is 326 g/mol. The molecule has 2 amide bonds. The Bertz CT molecular complexity index is 657. The van der Waals surface area contributed by atoms with Gasteiger partial charge in [0.2, 0.25) is 5.91 Å². The molecule has 0 bridgehead atoms. The van der Waals surface area contributed by atoms with E-state index < -0.39 is 12.1 Å². The lowest BCUT2D eigenvalue weighted by molar-refractivity contribution is -0.129. The number of benzene rings is 2. The zero-order valence-corrected chi connectivity index (χ0v) is 13.9. The van der Waals surface area contributed by atoms with E-state index in [-0.39, 0.29) is 18.9 Å². The van der Waals surface area contributed by atoms with Gasteiger partial charge in [-0.3, -0.25) is 4.79 Å². The molecule has 0 aliphatic rings. The van der Waals surface area contributed by atoms with Crippen LogP contribution in [0.25, 0.3) is 0 Å². The summed E-state index contributed by atoms with van der Waals surface area (Å²) in [6.07, 6.45) is -0.364. The third-order valence-corrected chi connectivity index (χ3v) is 3.58. The van der Waals surface area contributed by atoms with Crippen LogP contribution in [0.1, 0.15) is 23.6 Å². The van der Waals surface area contributed by atoms with Crippen molar-refractivity contribution in [1.82, 2.24) is 10.2 Å². The molecule has 0 saturated heterocycles. The topological polar surface area (TPSA) is 58.6 Å². The fraction of sp³-hybridized carbons (Fsp3) is 0.263. The molecule has 126 valence electrons. The Balaban J connectivity index is 1.99. The number of carbonyl (C=O) groups is 2. The highest BCUT2D eigenvalue weighted by molar-refractivity contribution is 5.77. The summed E-state index contributed by atoms with van der Waals surface area (Å²) in [5.74, 6) is -0.0628. The first-order chi connectivity index (χ1) is 11.6. The van der Waals surface area contributed by atoms with Crippen LogP contribution in [0.4, 0.5) is 4.79 Å². The smallest absolute Gasteiger partial charge is 0.407 e. The highest BCUT2D eigenvalue weighted by atomic mass is 16.5. The molecule has 0 radical (unpaired) electrons. The summed E-state index contributed by atoms with van der Waals surface area (Å²) >= 11 is 0. The molecule has 0 fully saturated rings. The van der Waals surface area contributed by atoms with Crippen LogP contribution in [0, 0.1) is 0 Å². The summed E-state index contributed by atoms with van der Waals surface area (Å²) in [6.45, 7) is 0.190. The lowest BCUT2D eigenvalue weighted by Gasteiger charge is -2.20. The number of hydrogen-bond acceptors (Lipinski definition) is 3. The molecule has 5 nitrogen and oxygen atoms in total. The Hall–Kier alpha value is -2.82. The van der Waals surface area contributed by atoms with Gasteiger partial charge in [0.1, 0.15) is 6.61 Å². The van der Waals surface area contributed by atoms with Gasteiger partial charge in [0.05, 0.1) is 12.5 Å². The number of carbonyl (C=O) groups excluding carboxylic acids is 2. The lowest BCUT2D eigenvalue weighted by atomic mass is 10.0. The van der Waals surface area contributed by atoms with Crippen LogP contribution in [-0.2, 0) is 16.1 Å². The molecule has 1 atom stereocenters. The normalized spacial score (nSPS) is 11.4. The molecule has 0 heterocycles. The van der Waals surface area contributed by atoms with Crippen molar-refractivity contribution in [2.75, 3.05) is 14.1 Å². The highest BCUT2D eigenvalue weighted by Crippen LogP contribution is 2.17. The first-order valence-corrected chi connectivity index (χ1v) is 7.78. The van der Waals surface area contributed by atoms with Gasteiger partial charge in [-0.05, 0) is 11.1 Å². The maximum absolute atomic E-state index is 12.1. The molecule has 0 saturated carbocycles. The quantitative estimate of drug-likeness (QED) is 0.887. The molecule has 5 heteroatoms. The van der Waals surface area contributed by atoms with E-state index in [2.05, 4.69) is 5.32 Å². The highest BCUT2D eigenvalue weighted by Gasteiger charge is 2.20. The predicted octanol–water partition coefficient (Wildman–Crippen LogP) is 3.13. The lowest BCUT2D eigenvalue weighted by Crippen LogP contribution is -2.33. The number of nitrogens with zero attached hydrogens (tertiary/aromatic N) is 1. The van der Waals surface area contributed by atoms with Gasteiger partial charge in [0, 0.05) is 14.1 Å². The fourth-order valence-electron chi connectivity index (χ4n) is 2.20. The number of ether oxygens (including phenoxy) is 1. The van der Waals surface area contributed by atoms with Gasteiger partial charge >= 0.3 is 6.09 Å². The van der Waals surface area contributed by atoms with Crippen molar-refractivity contribution in [3.63, 3.8) is 0 Å². The maximum Gasteiger partial charge on any atom is 0.407 e. The van der Waals surface area contributed by atoms with Crippen LogP contribution in [0.2, 0.25) is 0 Å². The molecular weight excluding hydrogens is 304 g/mol. The van der Waals surface area contributed by atoms with Gasteiger partial charge in [-0.1, -0.05) is 60.7 Å². The van der Waals surface area contributed by atoms with E-state index in [1.165, 1.54) is 4.90 Å². The zero-order valence-electron chi connectivity index (χ0n) is 13.9. The van der Waals surface area contributed by atoms with Crippen molar-refractivity contribution in [2.24, 2.45) is 0 Å². The minimum atomic E-state index is -0.542. The summed E-state index contributed by atoms with van der Waals surface area (Å²) in [6, 6.07) is 18.4. The van der Waals surface area contributed by atoms with Crippen molar-refractivity contribution in [3.05, 3.63) is 71.8 Å². The van der Waals surface area contributed by atoms with Gasteiger partial charge in [0.25, 0.3) is 0 Å². The molecule has 1 unspecified atom stereocenters. The van der Waals surface area contributed by atoms with Gasteiger partial charge in [-0.25, -0.2) is 4.79 Å². The van der Waals surface area contributed by atoms with Gasteiger partial charge in [-0.15, -0.1) is 0 Å². The van der Waals surface area contributed by atoms with Gasteiger partial charge in [0.15, 0.2) is 0 Å². The van der Waals surface area contributed by atoms with E-state index in [1.54, 1.807) is 14.1 Å². The summed E-state index contributed by atoms with van der Waals surface area (Å²) in [5, 5.41) is 2.78. The summed E-state index contributed by atoms with van der Waals surface area (Å²) in [5.41, 5.74) is 1.78. The second-order valence-electron chi connectivity index (χ2n) is 5.66. The Morgan fingerprint density at radius 1 is 1.00 bits per heavy atom. The van der Waals surface area contributed by atoms with E-state index in [4.69, 9.17) is 4.74 Å². The molecule has 2 rings (SSSR count). The largest absolute Gasteiger partial charge is 0.445 e. The van der Waals surface area contributed by atoms with Crippen LogP contribution >= 0.6 is 0 Å². The second kappa shape index (κ2) is 8.72. The van der Waals surface area contributed by atoms with Crippen molar-refractivity contribution in [2.45, 2.75) is 19.1 Å². The summed E-state index contributed by atoms with van der Waals surface area (Å²) < 4.78 is 5.25. The number of alkyl carbamates (subject to hydrolysis) is 1. The molecule has 1 N–H and O–H groups in total. The van der Waals surface area contributed by atoms with E-state index in [0.29, 0.717) is 0 Å². The van der Waals surface area contributed by atoms with Crippen LogP contribution < -0.4 is 5.32 Å². The summed E-state index contributed by atoms with van der Waals surface area (Å²) in [4.78, 5) is 25.6. The van der Waals surface area contributed by atoms with Crippen molar-refractivity contribution >= 4 is 12.0 Å². The standard InChI is InChI=1S/C19H22N2O3/c1-21(2)18(22)13-17(16-11-7-4-8-12-16)20-19(23)24-14-15-9-5-3-6-10-15/h3-12,17H,13-14H2,1-2H3,(H,20,23). The molecule has 2 aromatic rings. The third kappa shape index (κ3) is 5.43. The molecule has 2 aromatic carbocycles. The molecule has 0 aromatic heterocycles. The summed E-state index contributed by atoms with van der Waals surface area (Å²) in [7, 11) is 3.39. The van der Waals surface area contributed by atoms with Gasteiger partial charge < -0.3 is 15.0 Å². The Kier molecular flexibility index (Phi) is 6.37. The molecular formula is C19H22N2O3. The van der Waals surface area contributed by atoms with Crippen molar-refractivity contribution in [1.29, 1.82) is 0 Å². The number of amides is 2. The van der Waals surface area contributed by atoms with Crippen LogP contribution in [-0.4, -0.2) is 31.0 Å². The first kappa shape index (κ1) is 17.5. The first-order valence-electron chi connectivity index (χ1n) is 7.78. The average Bonchev–Trinajstić information content (AvgIpc) is 2.61. The number of nitrogens with one attached hydrogen (secondary N) is 1. The fourth-order valence-corrected chi connectivity index (χ4v) is 2.20. The van der Waals surface area contributed by atoms with E-state index >= 15 is 0 Å². The van der Waals surface area contributed by atoms with E-state index in [0.717, 1.165) is 11.1 Å². The minimum absolute atomic E-state index is 0.0628. The molecule has 0 spiro atoms. The van der Waals surface area contributed by atoms with Crippen LogP contribution in [0.5, 0.6) is 0 Å². The molecule has 24 heavy (non-hydrogen) atoms. The van der Waals surface area contributed by atoms with E-state index in [9.17, 15) is 9.59 Å². The Morgan fingerprint density at radius 2 is 1.58 bits per heavy atom. The van der Waals surface area contributed by atoms with Crippen molar-refractivity contribution < 1.29 is 14.3 Å². The van der Waals surface area contributed by atoms with Crippen LogP contribution in [0.3, 0.4) is 0 Å². The minimum Gasteiger partial charge on any atom is -0.445 e. The second-order valence-corrected chi connectivity index (χ2v) is 5.66. The molecule has 0 aliphatic heterocycles. The van der Waals surface area contributed by atoms with Crippen molar-refractivity contribution in [3.8, 4) is 0 Å². The Morgan fingerprint density at radius 3 is 2.17 bits per heavy atom. The number of rotatable bonds is 6. The van der Waals surface area contributed by atoms with Crippen LogP contribution in [0.15, 0.2) is 60.7 Å². The SMILES string of the molecule is CN(C)C(=O)CC(NC(=O)OCc1ccccc1)c1ccccc1. The zero-order chi connectivity index (χ0) is 17.4. The molecule has 0 aliphatic carbocycles. The number of hydrogen-bond donors (Lipinski definition) is 1. The van der Waals surface area contributed by atoms with Gasteiger partial charge in [-0.2, -0.15) is 0 Å². The average molecular weight is 326 g/mol. The Labute approximate surface area is 142 Å². The third-order valence-electron chi connectivity index (χ3n) is 3.58.